The molecule has 1 aromatic heterocycles. The minimum absolute atomic E-state index is 0.557. The van der Waals surface area contributed by atoms with Gasteiger partial charge in [-0.05, 0) is 18.8 Å². The highest BCUT2D eigenvalue weighted by molar-refractivity contribution is 5.69. The van der Waals surface area contributed by atoms with Crippen LogP contribution in [0.15, 0.2) is 12.4 Å². The molecule has 1 fully saturated rings. The molecule has 2 rings (SSSR count). The molecule has 1 heterocycles. The Morgan fingerprint density at radius 2 is 2.50 bits per heavy atom. The topological polar surface area (TPSA) is 34.9 Å². The molecule has 1 aliphatic carbocycles. The van der Waals surface area contributed by atoms with Crippen molar-refractivity contribution in [2.24, 2.45) is 5.92 Å². The van der Waals surface area contributed by atoms with E-state index in [1.807, 2.05) is 10.8 Å². The summed E-state index contributed by atoms with van der Waals surface area (Å²) in [6, 6.07) is 0. The van der Waals surface area contributed by atoms with Crippen LogP contribution >= 0.6 is 0 Å². The van der Waals surface area contributed by atoms with Crippen LogP contribution in [0, 0.1) is 5.92 Å². The molecule has 1 saturated carbocycles. The van der Waals surface area contributed by atoms with Gasteiger partial charge in [0.2, 0.25) is 0 Å². The monoisotopic (exact) mass is 164 g/mol. The Balaban J connectivity index is 2.05. The predicted molar refractivity (Wildman–Crippen MR) is 45.0 cm³/mol. The largest absolute Gasteiger partial charge is 0.328 e. The van der Waals surface area contributed by atoms with Crippen molar-refractivity contribution in [3.05, 3.63) is 18.2 Å². The van der Waals surface area contributed by atoms with Gasteiger partial charge in [0.25, 0.3) is 0 Å². The lowest BCUT2D eigenvalue weighted by atomic mass is 9.85. The minimum atomic E-state index is 0.557. The van der Waals surface area contributed by atoms with Crippen molar-refractivity contribution < 1.29 is 4.79 Å². The summed E-state index contributed by atoms with van der Waals surface area (Å²) in [5, 5.41) is 0. The van der Waals surface area contributed by atoms with E-state index in [2.05, 4.69) is 4.98 Å². The molecule has 0 unspecified atom stereocenters. The smallest absolute Gasteiger partial charge is 0.185 e. The lowest BCUT2D eigenvalue weighted by molar-refractivity contribution is 0.110. The Morgan fingerprint density at radius 3 is 3.08 bits per heavy atom. The van der Waals surface area contributed by atoms with Crippen molar-refractivity contribution in [2.45, 2.75) is 25.8 Å². The number of imidazole rings is 1. The third kappa shape index (κ3) is 1.26. The zero-order chi connectivity index (χ0) is 8.39. The lowest BCUT2D eigenvalue weighted by Gasteiger charge is -2.25. The molecule has 3 nitrogen and oxygen atoms in total. The molecule has 1 aliphatic rings. The molecule has 1 aromatic rings. The number of carbonyl (C=O) groups excluding carboxylic acids is 1. The van der Waals surface area contributed by atoms with E-state index < -0.39 is 0 Å². The van der Waals surface area contributed by atoms with Crippen molar-refractivity contribution in [1.29, 1.82) is 0 Å². The lowest BCUT2D eigenvalue weighted by Crippen LogP contribution is -2.18. The summed E-state index contributed by atoms with van der Waals surface area (Å²) in [6.07, 6.45) is 8.33. The molecule has 64 valence electrons. The molecule has 0 aromatic carbocycles. The summed E-state index contributed by atoms with van der Waals surface area (Å²) >= 11 is 0. The van der Waals surface area contributed by atoms with Crippen LogP contribution in [0.2, 0.25) is 0 Å². The molecule has 3 heteroatoms. The normalized spacial score (nSPS) is 17.3. The Bertz CT molecular complexity index is 276. The SMILES string of the molecule is O=Cc1nccn1CC1CCC1. The first-order valence-electron chi connectivity index (χ1n) is 4.36. The fourth-order valence-electron chi connectivity index (χ4n) is 1.55. The summed E-state index contributed by atoms with van der Waals surface area (Å²) in [5.74, 6) is 1.33. The van der Waals surface area contributed by atoms with Gasteiger partial charge in [-0.1, -0.05) is 6.42 Å². The average molecular weight is 164 g/mol. The van der Waals surface area contributed by atoms with Crippen LogP contribution < -0.4 is 0 Å². The average Bonchev–Trinajstić information content (AvgIpc) is 2.43. The van der Waals surface area contributed by atoms with Crippen LogP contribution in [0.5, 0.6) is 0 Å². The quantitative estimate of drug-likeness (QED) is 0.634. The van der Waals surface area contributed by atoms with E-state index in [9.17, 15) is 4.79 Å². The number of aromatic nitrogens is 2. The number of aldehydes is 1. The van der Waals surface area contributed by atoms with Gasteiger partial charge in [0.15, 0.2) is 12.1 Å². The van der Waals surface area contributed by atoms with Crippen LogP contribution in [-0.2, 0) is 6.54 Å². The molecule has 12 heavy (non-hydrogen) atoms. The van der Waals surface area contributed by atoms with Crippen LogP contribution in [-0.4, -0.2) is 15.8 Å². The van der Waals surface area contributed by atoms with Crippen molar-refractivity contribution in [3.8, 4) is 0 Å². The Labute approximate surface area is 71.4 Å². The van der Waals surface area contributed by atoms with Gasteiger partial charge in [-0.2, -0.15) is 0 Å². The third-order valence-electron chi connectivity index (χ3n) is 2.53. The highest BCUT2D eigenvalue weighted by atomic mass is 16.1. The second-order valence-electron chi connectivity index (χ2n) is 3.35. The zero-order valence-electron chi connectivity index (χ0n) is 6.94. The van der Waals surface area contributed by atoms with Crippen molar-refractivity contribution >= 4 is 6.29 Å². The van der Waals surface area contributed by atoms with Crippen LogP contribution in [0.25, 0.3) is 0 Å². The fraction of sp³-hybridized carbons (Fsp3) is 0.556. The number of carbonyl (C=O) groups is 1. The first-order chi connectivity index (χ1) is 5.90. The highest BCUT2D eigenvalue weighted by Gasteiger charge is 2.18. The number of rotatable bonds is 3. The summed E-state index contributed by atoms with van der Waals surface area (Å²) < 4.78 is 1.94. The third-order valence-corrected chi connectivity index (χ3v) is 2.53. The summed E-state index contributed by atoms with van der Waals surface area (Å²) in [7, 11) is 0. The number of nitrogens with zero attached hydrogens (tertiary/aromatic N) is 2. The van der Waals surface area contributed by atoms with Crippen LogP contribution in [0.3, 0.4) is 0 Å². The molecule has 0 amide bonds. The molecule has 0 saturated heterocycles. The molecule has 0 bridgehead atoms. The van der Waals surface area contributed by atoms with Gasteiger partial charge in [-0.15, -0.1) is 0 Å². The first kappa shape index (κ1) is 7.53. The molecule has 0 radical (unpaired) electrons. The van der Waals surface area contributed by atoms with Gasteiger partial charge in [0.05, 0.1) is 0 Å². The highest BCUT2D eigenvalue weighted by Crippen LogP contribution is 2.27. The predicted octanol–water partition coefficient (Wildman–Crippen LogP) is 1.50. The second-order valence-corrected chi connectivity index (χ2v) is 3.35. The van der Waals surface area contributed by atoms with Crippen molar-refractivity contribution in [3.63, 3.8) is 0 Å². The standard InChI is InChI=1S/C9H12N2O/c12-7-9-10-4-5-11(9)6-8-2-1-3-8/h4-5,7-8H,1-3,6H2. The van der Waals surface area contributed by atoms with Gasteiger partial charge in [-0.3, -0.25) is 4.79 Å². The van der Waals surface area contributed by atoms with Gasteiger partial charge in [-0.25, -0.2) is 4.98 Å². The first-order valence-corrected chi connectivity index (χ1v) is 4.36. The Hall–Kier alpha value is -1.12. The van der Waals surface area contributed by atoms with Crippen LogP contribution in [0.1, 0.15) is 29.9 Å². The summed E-state index contributed by atoms with van der Waals surface area (Å²) in [4.78, 5) is 14.4. The van der Waals surface area contributed by atoms with E-state index in [0.29, 0.717) is 5.82 Å². The van der Waals surface area contributed by atoms with Gasteiger partial charge in [0, 0.05) is 18.9 Å². The Morgan fingerprint density at radius 1 is 1.67 bits per heavy atom. The number of hydrogen-bond acceptors (Lipinski definition) is 2. The maximum atomic E-state index is 10.5. The molecular weight excluding hydrogens is 152 g/mol. The number of hydrogen-bond donors (Lipinski definition) is 0. The van der Waals surface area contributed by atoms with Gasteiger partial charge in [0.1, 0.15) is 0 Å². The fourth-order valence-corrected chi connectivity index (χ4v) is 1.55. The maximum Gasteiger partial charge on any atom is 0.185 e. The van der Waals surface area contributed by atoms with Crippen LogP contribution in [0.4, 0.5) is 0 Å². The molecule has 0 atom stereocenters. The maximum absolute atomic E-state index is 10.5. The van der Waals surface area contributed by atoms with Gasteiger partial charge >= 0.3 is 0 Å². The van der Waals surface area contributed by atoms with E-state index in [4.69, 9.17) is 0 Å². The van der Waals surface area contributed by atoms with E-state index in [-0.39, 0.29) is 0 Å². The Kier molecular flexibility index (Phi) is 1.94. The summed E-state index contributed by atoms with van der Waals surface area (Å²) in [6.45, 7) is 0.966. The molecule has 0 aliphatic heterocycles. The molecule has 0 N–H and O–H groups in total. The molecular formula is C9H12N2O. The van der Waals surface area contributed by atoms with Crippen molar-refractivity contribution in [1.82, 2.24) is 9.55 Å². The minimum Gasteiger partial charge on any atom is -0.328 e. The van der Waals surface area contributed by atoms with Crippen molar-refractivity contribution in [2.75, 3.05) is 0 Å². The second kappa shape index (κ2) is 3.09. The van der Waals surface area contributed by atoms with E-state index in [1.54, 1.807) is 6.20 Å². The van der Waals surface area contributed by atoms with E-state index in [0.717, 1.165) is 18.7 Å². The van der Waals surface area contributed by atoms with Gasteiger partial charge < -0.3 is 4.57 Å². The molecule has 0 spiro atoms. The van der Waals surface area contributed by atoms with E-state index >= 15 is 0 Å². The zero-order valence-corrected chi connectivity index (χ0v) is 6.94. The van der Waals surface area contributed by atoms with E-state index in [1.165, 1.54) is 19.3 Å². The summed E-state index contributed by atoms with van der Waals surface area (Å²) in [5.41, 5.74) is 0.